The van der Waals surface area contributed by atoms with Gasteiger partial charge in [0.2, 0.25) is 0 Å². The van der Waals surface area contributed by atoms with Gasteiger partial charge in [0.05, 0.1) is 19.6 Å². The molecule has 1 unspecified atom stereocenters. The van der Waals surface area contributed by atoms with E-state index in [1.54, 1.807) is 6.92 Å². The molecule has 0 saturated heterocycles. The maximum absolute atomic E-state index is 11.5. The maximum Gasteiger partial charge on any atom is 0.307 e. The fraction of sp³-hybridized carbons (Fsp3) is 0.533. The van der Waals surface area contributed by atoms with E-state index in [1.165, 1.54) is 11.1 Å². The van der Waals surface area contributed by atoms with E-state index in [9.17, 15) is 4.79 Å². The van der Waals surface area contributed by atoms with Gasteiger partial charge in [0.1, 0.15) is 0 Å². The number of hydrogen-bond acceptors (Lipinski definition) is 4. The van der Waals surface area contributed by atoms with Crippen LogP contribution >= 0.6 is 0 Å². The van der Waals surface area contributed by atoms with Gasteiger partial charge in [-0.25, -0.2) is 0 Å². The van der Waals surface area contributed by atoms with Crippen molar-refractivity contribution in [3.05, 3.63) is 35.4 Å². The number of hydrogen-bond donors (Lipinski definition) is 2. The molecule has 0 heterocycles. The Morgan fingerprint density at radius 2 is 2.05 bits per heavy atom. The number of aliphatic hydroxyl groups excluding tert-OH is 1. The number of esters is 1. The molecule has 0 bridgehead atoms. The first-order chi connectivity index (χ1) is 9.15. The molecule has 19 heavy (non-hydrogen) atoms. The van der Waals surface area contributed by atoms with Crippen molar-refractivity contribution in [2.75, 3.05) is 19.8 Å². The molecule has 1 atom stereocenters. The van der Waals surface area contributed by atoms with Crippen molar-refractivity contribution in [2.45, 2.75) is 32.7 Å². The summed E-state index contributed by atoms with van der Waals surface area (Å²) in [6, 6.07) is 8.24. The fourth-order valence-electron chi connectivity index (χ4n) is 1.91. The van der Waals surface area contributed by atoms with Gasteiger partial charge in [0, 0.05) is 12.6 Å². The molecule has 106 valence electrons. The first kappa shape index (κ1) is 15.7. The van der Waals surface area contributed by atoms with Crippen molar-refractivity contribution in [3.8, 4) is 0 Å². The quantitative estimate of drug-likeness (QED) is 0.698. The highest BCUT2D eigenvalue weighted by molar-refractivity contribution is 5.70. The molecular formula is C15H23NO3. The minimum absolute atomic E-state index is 0.00564. The third-order valence-electron chi connectivity index (χ3n) is 2.87. The Labute approximate surface area is 114 Å². The monoisotopic (exact) mass is 265 g/mol. The lowest BCUT2D eigenvalue weighted by Crippen LogP contribution is -2.35. The van der Waals surface area contributed by atoms with Gasteiger partial charge in [0.15, 0.2) is 0 Å². The molecule has 4 heteroatoms. The summed E-state index contributed by atoms with van der Waals surface area (Å²) in [7, 11) is 0. The van der Waals surface area contributed by atoms with Gasteiger partial charge in [-0.2, -0.15) is 0 Å². The van der Waals surface area contributed by atoms with E-state index in [0.29, 0.717) is 19.6 Å². The number of aliphatic hydroxyl groups is 1. The van der Waals surface area contributed by atoms with Crippen molar-refractivity contribution < 1.29 is 14.6 Å². The van der Waals surface area contributed by atoms with Gasteiger partial charge in [-0.15, -0.1) is 0 Å². The number of nitrogens with one attached hydrogen (secondary N) is 1. The normalized spacial score (nSPS) is 12.2. The summed E-state index contributed by atoms with van der Waals surface area (Å²) in [5.74, 6) is -0.204. The maximum atomic E-state index is 11.5. The lowest BCUT2D eigenvalue weighted by molar-refractivity contribution is -0.143. The molecule has 0 fully saturated rings. The first-order valence-electron chi connectivity index (χ1n) is 6.71. The Bertz CT molecular complexity index is 375. The summed E-state index contributed by atoms with van der Waals surface area (Å²) in [4.78, 5) is 11.5. The van der Waals surface area contributed by atoms with E-state index >= 15 is 0 Å². The van der Waals surface area contributed by atoms with Crippen molar-refractivity contribution in [2.24, 2.45) is 0 Å². The Balaban J connectivity index is 2.57. The highest BCUT2D eigenvalue weighted by Gasteiger charge is 2.14. The smallest absolute Gasteiger partial charge is 0.307 e. The molecule has 0 saturated carbocycles. The van der Waals surface area contributed by atoms with Crippen LogP contribution in [-0.2, 0) is 16.0 Å². The minimum atomic E-state index is -0.204. The number of carbonyl (C=O) groups excluding carboxylic acids is 1. The zero-order chi connectivity index (χ0) is 14.1. The average molecular weight is 265 g/mol. The van der Waals surface area contributed by atoms with E-state index in [1.807, 2.05) is 6.92 Å². The van der Waals surface area contributed by atoms with Gasteiger partial charge in [-0.3, -0.25) is 4.79 Å². The molecule has 0 amide bonds. The Morgan fingerprint density at radius 1 is 1.37 bits per heavy atom. The molecule has 2 N–H and O–H groups in total. The Morgan fingerprint density at radius 3 is 2.63 bits per heavy atom. The van der Waals surface area contributed by atoms with Crippen molar-refractivity contribution >= 4 is 5.97 Å². The van der Waals surface area contributed by atoms with Gasteiger partial charge < -0.3 is 15.2 Å². The topological polar surface area (TPSA) is 58.6 Å². The second-order valence-corrected chi connectivity index (χ2v) is 4.57. The third kappa shape index (κ3) is 6.36. The van der Waals surface area contributed by atoms with Crippen LogP contribution in [0.2, 0.25) is 0 Å². The molecule has 0 aliphatic heterocycles. The number of rotatable bonds is 8. The van der Waals surface area contributed by atoms with E-state index in [2.05, 4.69) is 29.6 Å². The zero-order valence-corrected chi connectivity index (χ0v) is 11.7. The summed E-state index contributed by atoms with van der Waals surface area (Å²) in [6.07, 6.45) is 1.07. The summed E-state index contributed by atoms with van der Waals surface area (Å²) < 4.78 is 4.97. The van der Waals surface area contributed by atoms with Crippen LogP contribution in [0.5, 0.6) is 0 Å². The van der Waals surface area contributed by atoms with E-state index in [-0.39, 0.29) is 18.6 Å². The van der Waals surface area contributed by atoms with Gasteiger partial charge in [-0.05, 0) is 25.8 Å². The SMILES string of the molecule is CCOC(=O)CC(Cc1ccc(C)cc1)NCCO. The van der Waals surface area contributed by atoms with Crippen LogP contribution in [0.4, 0.5) is 0 Å². The Kier molecular flexibility index (Phi) is 7.15. The second kappa shape index (κ2) is 8.67. The molecule has 0 spiro atoms. The van der Waals surface area contributed by atoms with E-state index in [4.69, 9.17) is 9.84 Å². The molecule has 0 aromatic heterocycles. The molecule has 1 rings (SSSR count). The number of aryl methyl sites for hydroxylation is 1. The number of benzene rings is 1. The molecule has 1 aromatic carbocycles. The number of ether oxygens (including phenoxy) is 1. The molecule has 4 nitrogen and oxygen atoms in total. The van der Waals surface area contributed by atoms with Crippen LogP contribution in [0, 0.1) is 6.92 Å². The number of carbonyl (C=O) groups is 1. The summed E-state index contributed by atoms with van der Waals surface area (Å²) in [5, 5.41) is 12.0. The molecular weight excluding hydrogens is 242 g/mol. The summed E-state index contributed by atoms with van der Waals surface area (Å²) >= 11 is 0. The third-order valence-corrected chi connectivity index (χ3v) is 2.87. The first-order valence-corrected chi connectivity index (χ1v) is 6.71. The van der Waals surface area contributed by atoms with E-state index in [0.717, 1.165) is 6.42 Å². The largest absolute Gasteiger partial charge is 0.466 e. The van der Waals surface area contributed by atoms with Gasteiger partial charge in [-0.1, -0.05) is 29.8 Å². The summed E-state index contributed by atoms with van der Waals surface area (Å²) in [5.41, 5.74) is 2.39. The Hall–Kier alpha value is -1.39. The lowest BCUT2D eigenvalue weighted by Gasteiger charge is -2.17. The second-order valence-electron chi connectivity index (χ2n) is 4.57. The van der Waals surface area contributed by atoms with Crippen LogP contribution in [-0.4, -0.2) is 36.9 Å². The molecule has 0 radical (unpaired) electrons. The predicted molar refractivity (Wildman–Crippen MR) is 75.0 cm³/mol. The van der Waals surface area contributed by atoms with Crippen LogP contribution in [0.3, 0.4) is 0 Å². The molecule has 0 aliphatic rings. The highest BCUT2D eigenvalue weighted by Crippen LogP contribution is 2.08. The predicted octanol–water partition coefficient (Wildman–Crippen LogP) is 1.44. The average Bonchev–Trinajstić information content (AvgIpc) is 2.39. The van der Waals surface area contributed by atoms with Crippen molar-refractivity contribution in [3.63, 3.8) is 0 Å². The van der Waals surface area contributed by atoms with Crippen LogP contribution in [0.15, 0.2) is 24.3 Å². The molecule has 1 aromatic rings. The standard InChI is InChI=1S/C15H23NO3/c1-3-19-15(18)11-14(16-8-9-17)10-13-6-4-12(2)5-7-13/h4-7,14,16-17H,3,8-11H2,1-2H3. The molecule has 0 aliphatic carbocycles. The van der Waals surface area contributed by atoms with Gasteiger partial charge in [0.25, 0.3) is 0 Å². The van der Waals surface area contributed by atoms with Crippen molar-refractivity contribution in [1.29, 1.82) is 0 Å². The van der Waals surface area contributed by atoms with E-state index < -0.39 is 0 Å². The van der Waals surface area contributed by atoms with Crippen LogP contribution in [0.1, 0.15) is 24.5 Å². The highest BCUT2D eigenvalue weighted by atomic mass is 16.5. The zero-order valence-electron chi connectivity index (χ0n) is 11.7. The minimum Gasteiger partial charge on any atom is -0.466 e. The van der Waals surface area contributed by atoms with Crippen molar-refractivity contribution in [1.82, 2.24) is 5.32 Å². The fourth-order valence-corrected chi connectivity index (χ4v) is 1.91. The summed E-state index contributed by atoms with van der Waals surface area (Å²) in [6.45, 7) is 4.79. The van der Waals surface area contributed by atoms with Crippen LogP contribution in [0.25, 0.3) is 0 Å². The van der Waals surface area contributed by atoms with Crippen LogP contribution < -0.4 is 5.32 Å². The lowest BCUT2D eigenvalue weighted by atomic mass is 10.0. The van der Waals surface area contributed by atoms with Gasteiger partial charge >= 0.3 is 5.97 Å².